The fourth-order valence-electron chi connectivity index (χ4n) is 1.52. The van der Waals surface area contributed by atoms with E-state index in [0.29, 0.717) is 18.2 Å². The van der Waals surface area contributed by atoms with Crippen molar-refractivity contribution in [2.24, 2.45) is 0 Å². The van der Waals surface area contributed by atoms with Crippen LogP contribution in [0.5, 0.6) is 0 Å². The van der Waals surface area contributed by atoms with Gasteiger partial charge in [0, 0.05) is 32.3 Å². The zero-order valence-electron chi connectivity index (χ0n) is 12.3. The zero-order valence-corrected chi connectivity index (χ0v) is 12.3. The van der Waals surface area contributed by atoms with Crippen LogP contribution in [0.3, 0.4) is 0 Å². The van der Waals surface area contributed by atoms with Crippen LogP contribution in [0.1, 0.15) is 27.7 Å². The van der Waals surface area contributed by atoms with E-state index in [4.69, 9.17) is 9.47 Å². The molecule has 104 valence electrons. The van der Waals surface area contributed by atoms with Crippen LogP contribution in [-0.2, 0) is 9.47 Å². The van der Waals surface area contributed by atoms with Gasteiger partial charge in [0.05, 0.1) is 19.3 Å². The second-order valence-corrected chi connectivity index (χ2v) is 5.07. The summed E-state index contributed by atoms with van der Waals surface area (Å²) < 4.78 is 10.8. The highest BCUT2D eigenvalue weighted by Gasteiger charge is 2.14. The predicted molar refractivity (Wildman–Crippen MR) is 72.5 cm³/mol. The summed E-state index contributed by atoms with van der Waals surface area (Å²) in [5.74, 6) is 0. The first-order valence-electron chi connectivity index (χ1n) is 6.51. The lowest BCUT2D eigenvalue weighted by molar-refractivity contribution is 0.0415. The average Bonchev–Trinajstić information content (AvgIpc) is 2.23. The van der Waals surface area contributed by atoms with Gasteiger partial charge in [-0.1, -0.05) is 13.8 Å². The molecule has 0 aliphatic rings. The molecule has 0 aromatic carbocycles. The quantitative estimate of drug-likeness (QED) is 0.631. The van der Waals surface area contributed by atoms with Gasteiger partial charge in [-0.25, -0.2) is 0 Å². The van der Waals surface area contributed by atoms with E-state index in [1.54, 1.807) is 7.11 Å². The van der Waals surface area contributed by atoms with E-state index >= 15 is 0 Å². The third-order valence-electron chi connectivity index (χ3n) is 2.64. The molecule has 0 saturated heterocycles. The third kappa shape index (κ3) is 9.53. The Balaban J connectivity index is 3.91. The first-order chi connectivity index (χ1) is 7.97. The van der Waals surface area contributed by atoms with Crippen LogP contribution in [0.2, 0.25) is 0 Å². The average molecular weight is 246 g/mol. The maximum atomic E-state index is 5.56. The van der Waals surface area contributed by atoms with Crippen LogP contribution in [-0.4, -0.2) is 63.5 Å². The number of nitrogens with one attached hydrogen (secondary N) is 1. The van der Waals surface area contributed by atoms with Gasteiger partial charge >= 0.3 is 0 Å². The molecular weight excluding hydrogens is 216 g/mol. The minimum atomic E-state index is 0.304. The van der Waals surface area contributed by atoms with Crippen molar-refractivity contribution < 1.29 is 9.47 Å². The molecule has 0 aromatic rings. The van der Waals surface area contributed by atoms with Gasteiger partial charge in [0.1, 0.15) is 0 Å². The van der Waals surface area contributed by atoms with Gasteiger partial charge in [0.15, 0.2) is 0 Å². The fourth-order valence-corrected chi connectivity index (χ4v) is 1.52. The Morgan fingerprint density at radius 2 is 1.82 bits per heavy atom. The normalized spacial score (nSPS) is 13.9. The van der Waals surface area contributed by atoms with E-state index in [-0.39, 0.29) is 0 Å². The predicted octanol–water partition coefficient (Wildman–Crippen LogP) is 1.36. The van der Waals surface area contributed by atoms with Crippen LogP contribution in [0.15, 0.2) is 0 Å². The Labute approximate surface area is 107 Å². The fraction of sp³-hybridized carbons (Fsp3) is 1.00. The molecule has 1 unspecified atom stereocenters. The van der Waals surface area contributed by atoms with E-state index in [9.17, 15) is 0 Å². The topological polar surface area (TPSA) is 33.7 Å². The smallest absolute Gasteiger partial charge is 0.0630 e. The third-order valence-corrected chi connectivity index (χ3v) is 2.64. The Hall–Kier alpha value is -0.160. The van der Waals surface area contributed by atoms with Gasteiger partial charge in [-0.15, -0.1) is 0 Å². The first-order valence-corrected chi connectivity index (χ1v) is 6.51. The number of methoxy groups -OCH3 is 1. The monoisotopic (exact) mass is 246 g/mol. The molecule has 4 heteroatoms. The summed E-state index contributed by atoms with van der Waals surface area (Å²) >= 11 is 0. The van der Waals surface area contributed by atoms with Crippen LogP contribution in [0.4, 0.5) is 0 Å². The summed E-state index contributed by atoms with van der Waals surface area (Å²) in [6.45, 7) is 11.8. The van der Waals surface area contributed by atoms with E-state index in [0.717, 1.165) is 26.3 Å². The largest absolute Gasteiger partial charge is 0.383 e. The highest BCUT2D eigenvalue weighted by molar-refractivity contribution is 4.72. The highest BCUT2D eigenvalue weighted by atomic mass is 16.5. The molecule has 0 aromatic heterocycles. The molecular formula is C13H30N2O2. The lowest BCUT2D eigenvalue weighted by Gasteiger charge is -2.28. The van der Waals surface area contributed by atoms with Crippen LogP contribution in [0.25, 0.3) is 0 Å². The standard InChI is InChI=1S/C13H30N2O2/c1-11(2)14-9-13(10-16-6)15(5)7-8-17-12(3)4/h11-14H,7-10H2,1-6H3. The van der Waals surface area contributed by atoms with E-state index in [2.05, 4.69) is 45.0 Å². The number of hydrogen-bond donors (Lipinski definition) is 1. The molecule has 0 amide bonds. The maximum Gasteiger partial charge on any atom is 0.0630 e. The van der Waals surface area contributed by atoms with Crippen LogP contribution < -0.4 is 5.32 Å². The molecule has 0 bridgehead atoms. The van der Waals surface area contributed by atoms with Crippen molar-refractivity contribution in [3.8, 4) is 0 Å². The van der Waals surface area contributed by atoms with Crippen molar-refractivity contribution in [3.05, 3.63) is 0 Å². The molecule has 0 aliphatic heterocycles. The minimum Gasteiger partial charge on any atom is -0.383 e. The lowest BCUT2D eigenvalue weighted by Crippen LogP contribution is -2.46. The van der Waals surface area contributed by atoms with Crippen molar-refractivity contribution in [2.75, 3.05) is 40.5 Å². The lowest BCUT2D eigenvalue weighted by atomic mass is 10.2. The molecule has 0 radical (unpaired) electrons. The van der Waals surface area contributed by atoms with Crippen molar-refractivity contribution in [3.63, 3.8) is 0 Å². The van der Waals surface area contributed by atoms with Crippen molar-refractivity contribution in [1.82, 2.24) is 10.2 Å². The van der Waals surface area contributed by atoms with E-state index < -0.39 is 0 Å². The van der Waals surface area contributed by atoms with Crippen molar-refractivity contribution in [1.29, 1.82) is 0 Å². The van der Waals surface area contributed by atoms with E-state index in [1.165, 1.54) is 0 Å². The summed E-state index contributed by atoms with van der Waals surface area (Å²) in [6, 6.07) is 0.910. The van der Waals surface area contributed by atoms with Gasteiger partial charge in [-0.2, -0.15) is 0 Å². The zero-order chi connectivity index (χ0) is 13.3. The van der Waals surface area contributed by atoms with Gasteiger partial charge < -0.3 is 14.8 Å². The number of hydrogen-bond acceptors (Lipinski definition) is 4. The Kier molecular flexibility index (Phi) is 9.74. The first kappa shape index (κ1) is 16.8. The van der Waals surface area contributed by atoms with Gasteiger partial charge in [0.25, 0.3) is 0 Å². The molecule has 4 nitrogen and oxygen atoms in total. The minimum absolute atomic E-state index is 0.304. The molecule has 1 N–H and O–H groups in total. The molecule has 1 atom stereocenters. The second-order valence-electron chi connectivity index (χ2n) is 5.07. The molecule has 17 heavy (non-hydrogen) atoms. The Morgan fingerprint density at radius 3 is 2.29 bits per heavy atom. The molecule has 0 heterocycles. The van der Waals surface area contributed by atoms with Gasteiger partial charge in [-0.05, 0) is 20.9 Å². The highest BCUT2D eigenvalue weighted by Crippen LogP contribution is 1.98. The van der Waals surface area contributed by atoms with Crippen LogP contribution >= 0.6 is 0 Å². The summed E-state index contributed by atoms with van der Waals surface area (Å²) in [4.78, 5) is 2.29. The number of rotatable bonds is 10. The van der Waals surface area contributed by atoms with Gasteiger partial charge in [-0.3, -0.25) is 4.90 Å². The van der Waals surface area contributed by atoms with Gasteiger partial charge in [0.2, 0.25) is 0 Å². The summed E-state index contributed by atoms with van der Waals surface area (Å²) in [5.41, 5.74) is 0. The second kappa shape index (κ2) is 9.83. The Bertz CT molecular complexity index is 175. The number of nitrogens with zero attached hydrogens (tertiary/aromatic N) is 1. The summed E-state index contributed by atoms with van der Waals surface area (Å²) in [5, 5.41) is 3.45. The summed E-state index contributed by atoms with van der Waals surface area (Å²) in [6.07, 6.45) is 0.304. The van der Waals surface area contributed by atoms with E-state index in [1.807, 2.05) is 0 Å². The SMILES string of the molecule is COCC(CNC(C)C)N(C)CCOC(C)C. The van der Waals surface area contributed by atoms with Crippen molar-refractivity contribution in [2.45, 2.75) is 45.9 Å². The maximum absolute atomic E-state index is 5.56. The number of ether oxygens (including phenoxy) is 2. The van der Waals surface area contributed by atoms with Crippen molar-refractivity contribution >= 4 is 0 Å². The molecule has 0 saturated carbocycles. The number of likely N-dealkylation sites (N-methyl/N-ethyl adjacent to an activating group) is 1. The Morgan fingerprint density at radius 1 is 1.18 bits per heavy atom. The molecule has 0 fully saturated rings. The molecule has 0 spiro atoms. The molecule has 0 rings (SSSR count). The molecule has 0 aliphatic carbocycles. The summed E-state index contributed by atoms with van der Waals surface area (Å²) in [7, 11) is 3.87. The van der Waals surface area contributed by atoms with Crippen LogP contribution in [0, 0.1) is 0 Å².